The predicted octanol–water partition coefficient (Wildman–Crippen LogP) is 3.56. The van der Waals surface area contributed by atoms with E-state index in [0.29, 0.717) is 17.8 Å². The number of nitrogens with zero attached hydrogens (tertiary/aromatic N) is 2. The molecule has 0 saturated carbocycles. The van der Waals surface area contributed by atoms with Crippen LogP contribution in [0.1, 0.15) is 30.0 Å². The molecule has 2 amide bonds. The Balaban J connectivity index is 2.04. The van der Waals surface area contributed by atoms with Gasteiger partial charge in [0.2, 0.25) is 11.8 Å². The minimum absolute atomic E-state index is 0.105. The van der Waals surface area contributed by atoms with Crippen LogP contribution in [-0.4, -0.2) is 18.4 Å². The molecule has 0 saturated heterocycles. The number of amides is 2. The average Bonchev–Trinajstić information content (AvgIpc) is 2.56. The second-order valence-electron chi connectivity index (χ2n) is 5.95. The van der Waals surface area contributed by atoms with Gasteiger partial charge >= 0.3 is 0 Å². The van der Waals surface area contributed by atoms with Crippen LogP contribution in [0.15, 0.2) is 42.5 Å². The fraction of sp³-hybridized carbons (Fsp3) is 0.250. The van der Waals surface area contributed by atoms with Gasteiger partial charge < -0.3 is 10.2 Å². The summed E-state index contributed by atoms with van der Waals surface area (Å²) in [5, 5.41) is 11.7. The molecule has 5 nitrogen and oxygen atoms in total. The highest BCUT2D eigenvalue weighted by Crippen LogP contribution is 2.22. The maximum absolute atomic E-state index is 12.2. The van der Waals surface area contributed by atoms with Crippen molar-refractivity contribution in [2.75, 3.05) is 16.8 Å². The maximum Gasteiger partial charge on any atom is 0.226 e. The van der Waals surface area contributed by atoms with E-state index in [0.717, 1.165) is 16.8 Å². The lowest BCUT2D eigenvalue weighted by Crippen LogP contribution is -2.32. The minimum Gasteiger partial charge on any atom is -0.326 e. The Morgan fingerprint density at radius 3 is 2.56 bits per heavy atom. The number of rotatable bonds is 5. The third-order valence-electron chi connectivity index (χ3n) is 3.86. The molecule has 2 aromatic rings. The van der Waals surface area contributed by atoms with Crippen molar-refractivity contribution in [2.45, 2.75) is 27.2 Å². The summed E-state index contributed by atoms with van der Waals surface area (Å²) in [7, 11) is 0. The molecule has 128 valence electrons. The van der Waals surface area contributed by atoms with Crippen LogP contribution in [0.2, 0.25) is 0 Å². The number of nitriles is 1. The van der Waals surface area contributed by atoms with Crippen LogP contribution in [0.5, 0.6) is 0 Å². The normalized spacial score (nSPS) is 10.0. The van der Waals surface area contributed by atoms with Crippen molar-refractivity contribution < 1.29 is 9.59 Å². The summed E-state index contributed by atoms with van der Waals surface area (Å²) in [6.07, 6.45) is 0.170. The molecule has 25 heavy (non-hydrogen) atoms. The molecule has 2 rings (SSSR count). The largest absolute Gasteiger partial charge is 0.326 e. The van der Waals surface area contributed by atoms with E-state index in [-0.39, 0.29) is 18.2 Å². The van der Waals surface area contributed by atoms with Gasteiger partial charge in [0, 0.05) is 31.3 Å². The second kappa shape index (κ2) is 8.11. The predicted molar refractivity (Wildman–Crippen MR) is 98.3 cm³/mol. The summed E-state index contributed by atoms with van der Waals surface area (Å²) in [6, 6.07) is 14.6. The van der Waals surface area contributed by atoms with E-state index in [4.69, 9.17) is 5.26 Å². The number of anilines is 2. The standard InChI is InChI=1S/C20H21N3O2/c1-14-7-8-19(15(2)11-14)23(16(3)24)10-9-20(25)22-18-6-4-5-17(12-18)13-21/h4-8,11-12H,9-10H2,1-3H3,(H,22,25). The van der Waals surface area contributed by atoms with Crippen LogP contribution in [0.4, 0.5) is 11.4 Å². The lowest BCUT2D eigenvalue weighted by molar-refractivity contribution is -0.117. The molecule has 5 heteroatoms. The van der Waals surface area contributed by atoms with E-state index in [2.05, 4.69) is 5.32 Å². The smallest absolute Gasteiger partial charge is 0.226 e. The molecule has 2 aromatic carbocycles. The summed E-state index contributed by atoms with van der Waals surface area (Å²) in [4.78, 5) is 25.8. The van der Waals surface area contributed by atoms with Gasteiger partial charge in [0.05, 0.1) is 11.6 Å². The van der Waals surface area contributed by atoms with Crippen LogP contribution in [0, 0.1) is 25.2 Å². The van der Waals surface area contributed by atoms with Crippen molar-refractivity contribution in [3.05, 3.63) is 59.2 Å². The van der Waals surface area contributed by atoms with Gasteiger partial charge in [-0.3, -0.25) is 9.59 Å². The minimum atomic E-state index is -0.203. The molecule has 0 bridgehead atoms. The summed E-state index contributed by atoms with van der Waals surface area (Å²) >= 11 is 0. The van der Waals surface area contributed by atoms with E-state index in [1.165, 1.54) is 6.92 Å². The molecular formula is C20H21N3O2. The third-order valence-corrected chi connectivity index (χ3v) is 3.86. The van der Waals surface area contributed by atoms with Crippen molar-refractivity contribution in [3.8, 4) is 6.07 Å². The van der Waals surface area contributed by atoms with Crippen molar-refractivity contribution >= 4 is 23.2 Å². The molecule has 0 unspecified atom stereocenters. The van der Waals surface area contributed by atoms with Crippen molar-refractivity contribution in [2.24, 2.45) is 0 Å². The topological polar surface area (TPSA) is 73.2 Å². The van der Waals surface area contributed by atoms with Crippen molar-refractivity contribution in [3.63, 3.8) is 0 Å². The van der Waals surface area contributed by atoms with Gasteiger partial charge in [-0.1, -0.05) is 23.8 Å². The maximum atomic E-state index is 12.2. The lowest BCUT2D eigenvalue weighted by Gasteiger charge is -2.23. The first-order valence-electron chi connectivity index (χ1n) is 8.06. The molecule has 0 atom stereocenters. The van der Waals surface area contributed by atoms with Gasteiger partial charge in [-0.2, -0.15) is 5.26 Å². The number of hydrogen-bond acceptors (Lipinski definition) is 3. The second-order valence-corrected chi connectivity index (χ2v) is 5.95. The Labute approximate surface area is 147 Å². The first kappa shape index (κ1) is 18.2. The summed E-state index contributed by atoms with van der Waals surface area (Å²) < 4.78 is 0. The monoisotopic (exact) mass is 335 g/mol. The van der Waals surface area contributed by atoms with Gasteiger partial charge in [0.15, 0.2) is 0 Å². The quantitative estimate of drug-likeness (QED) is 0.908. The highest BCUT2D eigenvalue weighted by molar-refractivity contribution is 5.95. The molecule has 0 aliphatic heterocycles. The number of nitrogens with one attached hydrogen (secondary N) is 1. The van der Waals surface area contributed by atoms with Gasteiger partial charge in [-0.15, -0.1) is 0 Å². The number of benzene rings is 2. The fourth-order valence-electron chi connectivity index (χ4n) is 2.66. The van der Waals surface area contributed by atoms with Gasteiger partial charge in [0.1, 0.15) is 0 Å². The average molecular weight is 335 g/mol. The van der Waals surface area contributed by atoms with Crippen molar-refractivity contribution in [1.29, 1.82) is 5.26 Å². The Morgan fingerprint density at radius 2 is 1.92 bits per heavy atom. The van der Waals surface area contributed by atoms with E-state index in [1.807, 2.05) is 38.1 Å². The molecule has 0 aliphatic rings. The van der Waals surface area contributed by atoms with Crippen LogP contribution >= 0.6 is 0 Å². The zero-order chi connectivity index (χ0) is 18.4. The Hall–Kier alpha value is -3.13. The van der Waals surface area contributed by atoms with Gasteiger partial charge in [-0.05, 0) is 43.7 Å². The molecule has 0 radical (unpaired) electrons. The third kappa shape index (κ3) is 4.92. The van der Waals surface area contributed by atoms with Crippen LogP contribution < -0.4 is 10.2 Å². The van der Waals surface area contributed by atoms with E-state index < -0.39 is 0 Å². The highest BCUT2D eigenvalue weighted by Gasteiger charge is 2.15. The zero-order valence-corrected chi connectivity index (χ0v) is 14.7. The van der Waals surface area contributed by atoms with Crippen LogP contribution in [-0.2, 0) is 9.59 Å². The molecule has 0 aromatic heterocycles. The first-order valence-corrected chi connectivity index (χ1v) is 8.06. The molecule has 0 spiro atoms. The number of hydrogen-bond donors (Lipinski definition) is 1. The molecule has 0 heterocycles. The number of carbonyl (C=O) groups is 2. The van der Waals surface area contributed by atoms with Crippen LogP contribution in [0.25, 0.3) is 0 Å². The molecule has 0 fully saturated rings. The Kier molecular flexibility index (Phi) is 5.91. The lowest BCUT2D eigenvalue weighted by atomic mass is 10.1. The van der Waals surface area contributed by atoms with Crippen molar-refractivity contribution in [1.82, 2.24) is 0 Å². The van der Waals surface area contributed by atoms with Gasteiger partial charge in [0.25, 0.3) is 0 Å². The summed E-state index contributed by atoms with van der Waals surface area (Å²) in [6.45, 7) is 5.74. The zero-order valence-electron chi connectivity index (χ0n) is 14.7. The van der Waals surface area contributed by atoms with E-state index in [9.17, 15) is 9.59 Å². The molecule has 0 aliphatic carbocycles. The van der Waals surface area contributed by atoms with E-state index in [1.54, 1.807) is 29.2 Å². The highest BCUT2D eigenvalue weighted by atomic mass is 16.2. The number of aryl methyl sites for hydroxylation is 2. The fourth-order valence-corrected chi connectivity index (χ4v) is 2.66. The number of carbonyl (C=O) groups excluding carboxylic acids is 2. The molecule has 1 N–H and O–H groups in total. The van der Waals surface area contributed by atoms with Crippen LogP contribution in [0.3, 0.4) is 0 Å². The molecular weight excluding hydrogens is 314 g/mol. The summed E-state index contributed by atoms with van der Waals surface area (Å²) in [5.41, 5.74) is 4.00. The summed E-state index contributed by atoms with van der Waals surface area (Å²) in [5.74, 6) is -0.308. The van der Waals surface area contributed by atoms with Gasteiger partial charge in [-0.25, -0.2) is 0 Å². The Morgan fingerprint density at radius 1 is 1.16 bits per heavy atom. The van der Waals surface area contributed by atoms with E-state index >= 15 is 0 Å². The SMILES string of the molecule is CC(=O)N(CCC(=O)Nc1cccc(C#N)c1)c1ccc(C)cc1C. The first-order chi connectivity index (χ1) is 11.9. The Bertz CT molecular complexity index is 837.